The van der Waals surface area contributed by atoms with Gasteiger partial charge in [-0.1, -0.05) is 24.3 Å². The fraction of sp³-hybridized carbons (Fsp3) is 0.368. The molecule has 1 aromatic carbocycles. The molecule has 4 rings (SSSR count). The van der Waals surface area contributed by atoms with Crippen LogP contribution in [0, 0.1) is 0 Å². The van der Waals surface area contributed by atoms with Gasteiger partial charge in [0, 0.05) is 46.9 Å². The van der Waals surface area contributed by atoms with E-state index in [4.69, 9.17) is 9.97 Å². The fourth-order valence-electron chi connectivity index (χ4n) is 2.92. The zero-order valence-corrected chi connectivity index (χ0v) is 15.5. The van der Waals surface area contributed by atoms with E-state index in [0.29, 0.717) is 0 Å². The maximum absolute atomic E-state index is 4.93. The zero-order valence-electron chi connectivity index (χ0n) is 13.9. The van der Waals surface area contributed by atoms with Crippen LogP contribution >= 0.6 is 23.5 Å². The highest BCUT2D eigenvalue weighted by Gasteiger charge is 2.08. The van der Waals surface area contributed by atoms with Crippen LogP contribution in [0.2, 0.25) is 0 Å². The molecule has 0 amide bonds. The summed E-state index contributed by atoms with van der Waals surface area (Å²) in [5.74, 6) is 4.23. The summed E-state index contributed by atoms with van der Waals surface area (Å²) in [7, 11) is 2.21. The van der Waals surface area contributed by atoms with Gasteiger partial charge in [-0.25, -0.2) is 9.97 Å². The smallest absolute Gasteiger partial charge is 0.0968 e. The second-order valence-electron chi connectivity index (χ2n) is 6.22. The molecule has 5 heteroatoms. The maximum Gasteiger partial charge on any atom is 0.0968 e. The molecule has 1 aliphatic heterocycles. The van der Waals surface area contributed by atoms with Crippen LogP contribution in [0.25, 0.3) is 21.8 Å². The second kappa shape index (κ2) is 7.30. The minimum absolute atomic E-state index is 0.967. The van der Waals surface area contributed by atoms with Gasteiger partial charge in [0.2, 0.25) is 0 Å². The summed E-state index contributed by atoms with van der Waals surface area (Å²) < 4.78 is 0. The third kappa shape index (κ3) is 3.53. The van der Waals surface area contributed by atoms with Crippen molar-refractivity contribution in [2.45, 2.75) is 11.5 Å². The number of fused-ring (bicyclic) bond motifs is 2. The van der Waals surface area contributed by atoms with E-state index >= 15 is 0 Å². The van der Waals surface area contributed by atoms with Crippen molar-refractivity contribution in [3.63, 3.8) is 0 Å². The summed E-state index contributed by atoms with van der Waals surface area (Å²) >= 11 is 3.93. The fourth-order valence-corrected chi connectivity index (χ4v) is 4.83. The van der Waals surface area contributed by atoms with Gasteiger partial charge in [0.1, 0.15) is 0 Å². The van der Waals surface area contributed by atoms with Crippen molar-refractivity contribution in [1.29, 1.82) is 0 Å². The molecule has 3 aromatic rings. The molecular formula is C19H21N3S2. The van der Waals surface area contributed by atoms with Crippen LogP contribution in [0.4, 0.5) is 0 Å². The molecule has 0 N–H and O–H groups in total. The minimum atomic E-state index is 0.967. The lowest BCUT2D eigenvalue weighted by Gasteiger charge is -2.15. The van der Waals surface area contributed by atoms with Crippen LogP contribution in [0.15, 0.2) is 36.4 Å². The largest absolute Gasteiger partial charge is 0.305 e. The van der Waals surface area contributed by atoms with E-state index in [1.807, 2.05) is 23.5 Å². The molecule has 0 radical (unpaired) electrons. The Balaban J connectivity index is 1.78. The number of pyridine rings is 2. The molecule has 1 aliphatic rings. The summed E-state index contributed by atoms with van der Waals surface area (Å²) in [6, 6.07) is 13.0. The first-order valence-corrected chi connectivity index (χ1v) is 10.6. The molecule has 3 heterocycles. The number of hydrogen-bond donors (Lipinski definition) is 0. The van der Waals surface area contributed by atoms with Gasteiger partial charge < -0.3 is 4.90 Å². The van der Waals surface area contributed by atoms with Crippen molar-refractivity contribution < 1.29 is 0 Å². The van der Waals surface area contributed by atoms with E-state index in [-0.39, 0.29) is 0 Å². The summed E-state index contributed by atoms with van der Waals surface area (Å²) in [6.45, 7) is 2.27. The normalized spacial score (nSPS) is 17.5. The lowest BCUT2D eigenvalue weighted by molar-refractivity contribution is 0.380. The Hall–Kier alpha value is -1.30. The van der Waals surface area contributed by atoms with Crippen LogP contribution in [0.1, 0.15) is 11.4 Å². The molecule has 124 valence electrons. The Morgan fingerprint density at radius 3 is 1.71 bits per heavy atom. The lowest BCUT2D eigenvalue weighted by Crippen LogP contribution is -2.24. The molecule has 0 saturated carbocycles. The molecule has 24 heavy (non-hydrogen) atoms. The number of aromatic nitrogens is 2. The van der Waals surface area contributed by atoms with E-state index in [1.54, 1.807) is 0 Å². The summed E-state index contributed by atoms with van der Waals surface area (Å²) in [4.78, 5) is 12.3. The molecule has 0 spiro atoms. The molecule has 0 aliphatic carbocycles. The van der Waals surface area contributed by atoms with Crippen molar-refractivity contribution in [3.8, 4) is 0 Å². The molecule has 0 atom stereocenters. The predicted molar refractivity (Wildman–Crippen MR) is 107 cm³/mol. The quantitative estimate of drug-likeness (QED) is 0.564. The standard InChI is InChI=1S/C19H21N3S2/c1-22-8-10-23-12-16-6-4-14-2-3-15-5-7-17(13-24-11-9-22)21-19(15)18(14)20-16/h2-7H,8-13H2,1H3. The van der Waals surface area contributed by atoms with E-state index < -0.39 is 0 Å². The number of hydrogen-bond acceptors (Lipinski definition) is 5. The van der Waals surface area contributed by atoms with E-state index in [9.17, 15) is 0 Å². The average Bonchev–Trinajstić information content (AvgIpc) is 2.62. The summed E-state index contributed by atoms with van der Waals surface area (Å²) in [5, 5.41) is 2.36. The van der Waals surface area contributed by atoms with Crippen molar-refractivity contribution in [1.82, 2.24) is 14.9 Å². The molecule has 3 nitrogen and oxygen atoms in total. The van der Waals surface area contributed by atoms with Gasteiger partial charge in [0.15, 0.2) is 0 Å². The van der Waals surface area contributed by atoms with E-state index in [1.165, 1.54) is 10.8 Å². The van der Waals surface area contributed by atoms with Crippen LogP contribution < -0.4 is 0 Å². The summed E-state index contributed by atoms with van der Waals surface area (Å²) in [6.07, 6.45) is 0. The molecule has 4 bridgehead atoms. The monoisotopic (exact) mass is 355 g/mol. The van der Waals surface area contributed by atoms with Crippen LogP contribution in [0.5, 0.6) is 0 Å². The maximum atomic E-state index is 4.93. The topological polar surface area (TPSA) is 29.0 Å². The van der Waals surface area contributed by atoms with Crippen molar-refractivity contribution in [2.75, 3.05) is 31.6 Å². The van der Waals surface area contributed by atoms with Crippen molar-refractivity contribution >= 4 is 45.3 Å². The highest BCUT2D eigenvalue weighted by Crippen LogP contribution is 2.25. The van der Waals surface area contributed by atoms with Crippen LogP contribution in [0.3, 0.4) is 0 Å². The Morgan fingerprint density at radius 2 is 1.21 bits per heavy atom. The third-order valence-electron chi connectivity index (χ3n) is 4.37. The summed E-state index contributed by atoms with van der Waals surface area (Å²) in [5.41, 5.74) is 4.40. The van der Waals surface area contributed by atoms with Crippen molar-refractivity contribution in [2.24, 2.45) is 0 Å². The van der Waals surface area contributed by atoms with Crippen molar-refractivity contribution in [3.05, 3.63) is 47.8 Å². The first-order chi connectivity index (χ1) is 11.8. The van der Waals surface area contributed by atoms with Gasteiger partial charge in [-0.15, -0.1) is 0 Å². The number of nitrogens with zero attached hydrogens (tertiary/aromatic N) is 3. The van der Waals surface area contributed by atoms with Gasteiger partial charge in [-0.05, 0) is 19.2 Å². The number of rotatable bonds is 0. The predicted octanol–water partition coefficient (Wildman–Crippen LogP) is 4.19. The Labute approximate surface area is 151 Å². The molecule has 0 unspecified atom stereocenters. The Morgan fingerprint density at radius 1 is 0.750 bits per heavy atom. The molecular weight excluding hydrogens is 334 g/mol. The number of benzene rings is 1. The zero-order chi connectivity index (χ0) is 16.4. The Kier molecular flexibility index (Phi) is 4.92. The van der Waals surface area contributed by atoms with E-state index in [2.05, 4.69) is 48.3 Å². The van der Waals surface area contributed by atoms with Gasteiger partial charge in [-0.2, -0.15) is 23.5 Å². The second-order valence-corrected chi connectivity index (χ2v) is 8.43. The SMILES string of the molecule is CN1CCSCc2ccc3ccc4ccc(nc4c3n2)CSCC1. The average molecular weight is 356 g/mol. The highest BCUT2D eigenvalue weighted by atomic mass is 32.2. The first kappa shape index (κ1) is 16.2. The van der Waals surface area contributed by atoms with Gasteiger partial charge in [0.25, 0.3) is 0 Å². The molecule has 2 aromatic heterocycles. The van der Waals surface area contributed by atoms with Gasteiger partial charge in [-0.3, -0.25) is 0 Å². The highest BCUT2D eigenvalue weighted by molar-refractivity contribution is 7.98. The molecule has 0 saturated heterocycles. The third-order valence-corrected chi connectivity index (χ3v) is 6.31. The lowest BCUT2D eigenvalue weighted by atomic mass is 10.1. The van der Waals surface area contributed by atoms with Crippen LogP contribution in [-0.2, 0) is 11.5 Å². The number of thioether (sulfide) groups is 2. The molecule has 0 fully saturated rings. The van der Waals surface area contributed by atoms with Gasteiger partial charge in [0.05, 0.1) is 22.4 Å². The van der Waals surface area contributed by atoms with E-state index in [0.717, 1.165) is 58.5 Å². The first-order valence-electron chi connectivity index (χ1n) is 8.32. The minimum Gasteiger partial charge on any atom is -0.305 e. The van der Waals surface area contributed by atoms with Gasteiger partial charge >= 0.3 is 0 Å². The Bertz CT molecular complexity index is 795. The van der Waals surface area contributed by atoms with Crippen LogP contribution in [-0.4, -0.2) is 46.5 Å².